The average Bonchev–Trinajstić information content (AvgIpc) is 2.91. The lowest BCUT2D eigenvalue weighted by molar-refractivity contribution is -0.145. The third kappa shape index (κ3) is 2.21. The average molecular weight is 304 g/mol. The number of ether oxygens (including phenoxy) is 2. The van der Waals surface area contributed by atoms with Crippen LogP contribution >= 0.6 is 0 Å². The predicted molar refractivity (Wildman–Crippen MR) is 87.7 cm³/mol. The molecule has 0 spiro atoms. The van der Waals surface area contributed by atoms with E-state index in [9.17, 15) is 4.79 Å². The van der Waals surface area contributed by atoms with E-state index in [1.165, 1.54) is 0 Å². The van der Waals surface area contributed by atoms with Gasteiger partial charge in [0.25, 0.3) is 0 Å². The summed E-state index contributed by atoms with van der Waals surface area (Å²) in [5.41, 5.74) is 0.590. The first-order valence-corrected chi connectivity index (χ1v) is 7.60. The van der Waals surface area contributed by atoms with E-state index in [0.717, 1.165) is 21.9 Å². The van der Waals surface area contributed by atoms with E-state index >= 15 is 0 Å². The Balaban J connectivity index is 1.76. The smallest absolute Gasteiger partial charge is 0.345 e. The fourth-order valence-electron chi connectivity index (χ4n) is 3.02. The first-order valence-electron chi connectivity index (χ1n) is 7.60. The van der Waals surface area contributed by atoms with Crippen LogP contribution in [0, 0.1) is 0 Å². The van der Waals surface area contributed by atoms with Crippen LogP contribution in [0.4, 0.5) is 0 Å². The molecule has 3 nitrogen and oxygen atoms in total. The lowest BCUT2D eigenvalue weighted by Gasteiger charge is -2.20. The normalized spacial score (nSPS) is 23.9. The summed E-state index contributed by atoms with van der Waals surface area (Å²) in [6.45, 7) is 1.76. The van der Waals surface area contributed by atoms with Gasteiger partial charge in [-0.25, -0.2) is 4.79 Å². The summed E-state index contributed by atoms with van der Waals surface area (Å²) >= 11 is 0. The molecule has 3 aromatic carbocycles. The van der Waals surface area contributed by atoms with Gasteiger partial charge in [-0.1, -0.05) is 72.8 Å². The number of rotatable bonds is 2. The number of esters is 1. The molecular formula is C20H16O3. The molecule has 0 unspecified atom stereocenters. The Hall–Kier alpha value is -2.65. The molecule has 0 aromatic heterocycles. The zero-order valence-corrected chi connectivity index (χ0v) is 12.7. The highest BCUT2D eigenvalue weighted by atomic mass is 16.8. The molecule has 1 aliphatic rings. The van der Waals surface area contributed by atoms with Gasteiger partial charge in [0, 0.05) is 5.56 Å². The predicted octanol–water partition coefficient (Wildman–Crippen LogP) is 4.33. The van der Waals surface area contributed by atoms with Gasteiger partial charge in [0.15, 0.2) is 5.60 Å². The molecular weight excluding hydrogens is 288 g/mol. The van der Waals surface area contributed by atoms with Crippen LogP contribution in [0.5, 0.6) is 0 Å². The monoisotopic (exact) mass is 304 g/mol. The van der Waals surface area contributed by atoms with E-state index in [2.05, 4.69) is 0 Å². The molecule has 0 amide bonds. The first-order chi connectivity index (χ1) is 11.2. The van der Waals surface area contributed by atoms with Gasteiger partial charge < -0.3 is 9.47 Å². The molecule has 0 aliphatic carbocycles. The summed E-state index contributed by atoms with van der Waals surface area (Å²) in [6, 6.07) is 23.4. The molecule has 0 bridgehead atoms. The molecule has 23 heavy (non-hydrogen) atoms. The van der Waals surface area contributed by atoms with E-state index in [0.29, 0.717) is 0 Å². The molecule has 0 radical (unpaired) electrons. The van der Waals surface area contributed by atoms with Crippen LogP contribution in [0.3, 0.4) is 0 Å². The minimum absolute atomic E-state index is 0.360. The van der Waals surface area contributed by atoms with Crippen LogP contribution in [0.25, 0.3) is 10.8 Å². The fourth-order valence-corrected chi connectivity index (χ4v) is 3.02. The van der Waals surface area contributed by atoms with E-state index in [4.69, 9.17) is 9.47 Å². The van der Waals surface area contributed by atoms with Crippen LogP contribution in [-0.4, -0.2) is 5.97 Å². The number of fused-ring (bicyclic) bond motifs is 1. The minimum atomic E-state index is -1.08. The quantitative estimate of drug-likeness (QED) is 0.661. The fraction of sp³-hybridized carbons (Fsp3) is 0.150. The standard InChI is InChI=1S/C20H16O3/c1-20(15-10-3-2-4-11-15)19(21)22-18(23-20)17-13-7-9-14-8-5-6-12-16(14)17/h2-13,18H,1H3/t18-,20+/m1/s1. The van der Waals surface area contributed by atoms with Crippen molar-refractivity contribution >= 4 is 16.7 Å². The number of hydrogen-bond acceptors (Lipinski definition) is 3. The molecule has 4 rings (SSSR count). The Morgan fingerprint density at radius 3 is 2.39 bits per heavy atom. The summed E-state index contributed by atoms with van der Waals surface area (Å²) in [4.78, 5) is 12.5. The summed E-state index contributed by atoms with van der Waals surface area (Å²) in [6.07, 6.45) is -0.696. The Labute approximate surface area is 134 Å². The van der Waals surface area contributed by atoms with E-state index in [1.54, 1.807) is 6.92 Å². The van der Waals surface area contributed by atoms with Crippen molar-refractivity contribution in [1.82, 2.24) is 0 Å². The SMILES string of the molecule is C[C@@]1(c2ccccc2)O[C@H](c2cccc3ccccc23)OC1=O. The molecule has 3 aromatic rings. The van der Waals surface area contributed by atoms with Crippen molar-refractivity contribution < 1.29 is 14.3 Å². The van der Waals surface area contributed by atoms with Crippen molar-refractivity contribution in [1.29, 1.82) is 0 Å². The first kappa shape index (κ1) is 14.0. The van der Waals surface area contributed by atoms with Gasteiger partial charge in [-0.3, -0.25) is 0 Å². The van der Waals surface area contributed by atoms with Gasteiger partial charge in [0.2, 0.25) is 6.29 Å². The zero-order chi connectivity index (χ0) is 15.9. The lowest BCUT2D eigenvalue weighted by atomic mass is 9.96. The van der Waals surface area contributed by atoms with Gasteiger partial charge in [0.05, 0.1) is 0 Å². The third-order valence-electron chi connectivity index (χ3n) is 4.35. The van der Waals surface area contributed by atoms with Crippen molar-refractivity contribution in [3.8, 4) is 0 Å². The number of hydrogen-bond donors (Lipinski definition) is 0. The maximum Gasteiger partial charge on any atom is 0.345 e. The van der Waals surface area contributed by atoms with E-state index in [-0.39, 0.29) is 5.97 Å². The number of cyclic esters (lactones) is 1. The van der Waals surface area contributed by atoms with Gasteiger partial charge in [-0.2, -0.15) is 0 Å². The maximum atomic E-state index is 12.5. The Morgan fingerprint density at radius 2 is 1.57 bits per heavy atom. The van der Waals surface area contributed by atoms with Gasteiger partial charge in [-0.15, -0.1) is 0 Å². The van der Waals surface area contributed by atoms with Crippen molar-refractivity contribution in [3.05, 3.63) is 83.9 Å². The number of carbonyl (C=O) groups excluding carboxylic acids is 1. The molecule has 1 saturated heterocycles. The molecule has 1 aliphatic heterocycles. The van der Waals surface area contributed by atoms with Crippen molar-refractivity contribution in [2.45, 2.75) is 18.8 Å². The molecule has 1 fully saturated rings. The van der Waals surface area contributed by atoms with Crippen molar-refractivity contribution in [2.24, 2.45) is 0 Å². The summed E-state index contributed by atoms with van der Waals surface area (Å²) in [7, 11) is 0. The Morgan fingerprint density at radius 1 is 0.870 bits per heavy atom. The minimum Gasteiger partial charge on any atom is -0.429 e. The van der Waals surface area contributed by atoms with Crippen LogP contribution in [0.2, 0.25) is 0 Å². The van der Waals surface area contributed by atoms with E-state index in [1.807, 2.05) is 72.8 Å². The number of carbonyl (C=O) groups is 1. The number of benzene rings is 3. The van der Waals surface area contributed by atoms with Gasteiger partial charge >= 0.3 is 5.97 Å². The molecule has 1 heterocycles. The van der Waals surface area contributed by atoms with Crippen LogP contribution in [0.15, 0.2) is 72.8 Å². The van der Waals surface area contributed by atoms with Crippen LogP contribution in [0.1, 0.15) is 24.3 Å². The molecule has 114 valence electrons. The maximum absolute atomic E-state index is 12.5. The Kier molecular flexibility index (Phi) is 3.17. The summed E-state index contributed by atoms with van der Waals surface area (Å²) in [5.74, 6) is -0.360. The van der Waals surface area contributed by atoms with Crippen LogP contribution < -0.4 is 0 Å². The summed E-state index contributed by atoms with van der Waals surface area (Å²) < 4.78 is 11.6. The lowest BCUT2D eigenvalue weighted by Crippen LogP contribution is -2.29. The second kappa shape index (κ2) is 5.21. The highest BCUT2D eigenvalue weighted by Crippen LogP contribution is 2.42. The van der Waals surface area contributed by atoms with Crippen molar-refractivity contribution in [3.63, 3.8) is 0 Å². The Bertz CT molecular complexity index is 867. The van der Waals surface area contributed by atoms with Gasteiger partial charge in [0.1, 0.15) is 0 Å². The molecule has 0 N–H and O–H groups in total. The van der Waals surface area contributed by atoms with E-state index < -0.39 is 11.9 Å². The van der Waals surface area contributed by atoms with Crippen LogP contribution in [-0.2, 0) is 19.9 Å². The molecule has 3 heteroatoms. The second-order valence-corrected chi connectivity index (χ2v) is 5.82. The summed E-state index contributed by atoms with van der Waals surface area (Å²) in [5, 5.41) is 2.13. The topological polar surface area (TPSA) is 35.5 Å². The largest absolute Gasteiger partial charge is 0.429 e. The van der Waals surface area contributed by atoms with Gasteiger partial charge in [-0.05, 0) is 23.3 Å². The highest BCUT2D eigenvalue weighted by molar-refractivity contribution is 5.87. The molecule has 2 atom stereocenters. The van der Waals surface area contributed by atoms with Crippen molar-refractivity contribution in [2.75, 3.05) is 0 Å². The third-order valence-corrected chi connectivity index (χ3v) is 4.35. The molecule has 0 saturated carbocycles. The highest BCUT2D eigenvalue weighted by Gasteiger charge is 2.48. The zero-order valence-electron chi connectivity index (χ0n) is 12.7. The second-order valence-electron chi connectivity index (χ2n) is 5.82.